The Morgan fingerprint density at radius 3 is 2.59 bits per heavy atom. The lowest BCUT2D eigenvalue weighted by Gasteiger charge is -2.36. The van der Waals surface area contributed by atoms with Gasteiger partial charge in [-0.25, -0.2) is 0 Å². The van der Waals surface area contributed by atoms with Crippen molar-refractivity contribution in [1.29, 1.82) is 0 Å². The predicted molar refractivity (Wildman–Crippen MR) is 122 cm³/mol. The highest BCUT2D eigenvalue weighted by Crippen LogP contribution is 2.40. The first-order valence-corrected chi connectivity index (χ1v) is 11.1. The zero-order valence-corrected chi connectivity index (χ0v) is 18.3. The van der Waals surface area contributed by atoms with Crippen LogP contribution in [0.25, 0.3) is 0 Å². The van der Waals surface area contributed by atoms with Crippen molar-refractivity contribution in [1.82, 2.24) is 0 Å². The number of hydrogen-bond donors (Lipinski definition) is 1. The molecule has 1 atom stereocenters. The number of hydrogen-bond acceptors (Lipinski definition) is 4. The topological polar surface area (TPSA) is 44.7 Å². The Hall–Kier alpha value is -2.54. The second-order valence-electron chi connectivity index (χ2n) is 8.52. The average Bonchev–Trinajstić information content (AvgIpc) is 2.78. The van der Waals surface area contributed by atoms with Crippen molar-refractivity contribution >= 4 is 23.0 Å². The number of nitrogens with zero attached hydrogens (tertiary/aromatic N) is 2. The van der Waals surface area contributed by atoms with Gasteiger partial charge in [0.1, 0.15) is 0 Å². The van der Waals surface area contributed by atoms with E-state index in [0.717, 1.165) is 35.9 Å². The van der Waals surface area contributed by atoms with E-state index in [1.807, 2.05) is 12.1 Å². The number of halogens is 4. The van der Waals surface area contributed by atoms with Gasteiger partial charge >= 0.3 is 6.18 Å². The number of allylic oxidation sites excluding steroid dienone is 1. The van der Waals surface area contributed by atoms with Crippen molar-refractivity contribution in [3.8, 4) is 0 Å². The highest BCUT2D eigenvalue weighted by molar-refractivity contribution is 6.30. The number of piperidine rings is 1. The third-order valence-corrected chi connectivity index (χ3v) is 6.73. The summed E-state index contributed by atoms with van der Waals surface area (Å²) in [5, 5.41) is 6.73. The maximum absolute atomic E-state index is 13.5. The van der Waals surface area contributed by atoms with Gasteiger partial charge in [-0.2, -0.15) is 18.1 Å². The van der Waals surface area contributed by atoms with Crippen molar-refractivity contribution in [3.63, 3.8) is 0 Å². The molecule has 0 bridgehead atoms. The normalized spacial score (nSPS) is 19.4. The summed E-state index contributed by atoms with van der Waals surface area (Å²) in [6, 6.07) is 9.78. The predicted octanol–water partition coefficient (Wildman–Crippen LogP) is 6.82. The Morgan fingerprint density at radius 2 is 1.91 bits per heavy atom. The first-order valence-electron chi connectivity index (χ1n) is 10.8. The van der Waals surface area contributed by atoms with Gasteiger partial charge in [-0.1, -0.05) is 35.5 Å². The van der Waals surface area contributed by atoms with Crippen molar-refractivity contribution in [2.45, 2.75) is 44.3 Å². The van der Waals surface area contributed by atoms with Gasteiger partial charge in [-0.3, -0.25) is 0 Å². The maximum Gasteiger partial charge on any atom is 0.418 e. The summed E-state index contributed by atoms with van der Waals surface area (Å²) in [4.78, 5) is 12.8. The van der Waals surface area contributed by atoms with E-state index in [0.29, 0.717) is 32.4 Å². The summed E-state index contributed by atoms with van der Waals surface area (Å²) in [6.07, 6.45) is -0.856. The van der Waals surface area contributed by atoms with Gasteiger partial charge in [0.25, 0.3) is 0 Å². The lowest BCUT2D eigenvalue weighted by Crippen LogP contribution is -2.36. The number of alkyl halides is 3. The fourth-order valence-corrected chi connectivity index (χ4v) is 4.90. The molecule has 4 rings (SSSR count). The lowest BCUT2D eigenvalue weighted by molar-refractivity contribution is -0.137. The molecule has 0 radical (unpaired) electrons. The van der Waals surface area contributed by atoms with E-state index < -0.39 is 11.7 Å². The molecule has 0 aromatic heterocycles. The number of benzene rings is 2. The van der Waals surface area contributed by atoms with Gasteiger partial charge in [0.05, 0.1) is 11.6 Å². The van der Waals surface area contributed by atoms with Gasteiger partial charge in [0.2, 0.25) is 0 Å². The molecule has 2 aromatic rings. The van der Waals surface area contributed by atoms with E-state index in [1.165, 1.54) is 17.7 Å². The summed E-state index contributed by atoms with van der Waals surface area (Å²) in [6.45, 7) is 5.22. The van der Waals surface area contributed by atoms with Crippen LogP contribution in [0.5, 0.6) is 0 Å². The molecule has 1 heterocycles. The van der Waals surface area contributed by atoms with E-state index in [-0.39, 0.29) is 22.7 Å². The van der Waals surface area contributed by atoms with Gasteiger partial charge in [-0.15, -0.1) is 0 Å². The maximum atomic E-state index is 13.5. The molecule has 0 saturated carbocycles. The molecule has 0 amide bonds. The highest BCUT2D eigenvalue weighted by Gasteiger charge is 2.36. The Labute approximate surface area is 190 Å². The standard InChI is InChI=1S/C24H25ClF3N3O/c1-15(29-22-4-2-3-17-5-7-19(30-32)14-20(17)22)16-9-11-31(12-10-16)23-8-6-18(25)13-21(23)24(26,27)28/h2-4,6,8,13,16,19,29H,1,5,7,9-12,14H2. The number of rotatable bonds is 5. The summed E-state index contributed by atoms with van der Waals surface area (Å²) < 4.78 is 40.5. The van der Waals surface area contributed by atoms with Gasteiger partial charge in [0.15, 0.2) is 0 Å². The molecule has 1 aliphatic carbocycles. The van der Waals surface area contributed by atoms with E-state index in [9.17, 15) is 18.1 Å². The summed E-state index contributed by atoms with van der Waals surface area (Å²) >= 11 is 5.81. The molecule has 170 valence electrons. The zero-order chi connectivity index (χ0) is 22.9. The van der Waals surface area contributed by atoms with E-state index in [2.05, 4.69) is 23.1 Å². The molecule has 1 aliphatic heterocycles. The number of nitrogens with one attached hydrogen (secondary N) is 1. The van der Waals surface area contributed by atoms with Crippen molar-refractivity contribution in [3.05, 3.63) is 75.3 Å². The summed E-state index contributed by atoms with van der Waals surface area (Å²) in [5.74, 6) is 0.146. The third-order valence-electron chi connectivity index (χ3n) is 6.50. The van der Waals surface area contributed by atoms with Crippen LogP contribution in [0.3, 0.4) is 0 Å². The second-order valence-corrected chi connectivity index (χ2v) is 8.95. The molecule has 1 unspecified atom stereocenters. The van der Waals surface area contributed by atoms with Crippen LogP contribution < -0.4 is 10.2 Å². The number of aryl methyl sites for hydroxylation is 1. The Bertz CT molecular complexity index is 1020. The molecule has 4 nitrogen and oxygen atoms in total. The molecule has 0 spiro atoms. The SMILES string of the molecule is C=C(Nc1cccc2c1CC(N=O)CC2)C1CCN(c2ccc(Cl)cc2C(F)(F)F)CC1. The molecular formula is C24H25ClF3N3O. The first-order chi connectivity index (χ1) is 15.3. The van der Waals surface area contributed by atoms with Crippen LogP contribution in [0.4, 0.5) is 24.5 Å². The smallest absolute Gasteiger partial charge is 0.371 e. The molecule has 2 aromatic carbocycles. The monoisotopic (exact) mass is 463 g/mol. The van der Waals surface area contributed by atoms with Gasteiger partial charge in [0, 0.05) is 47.5 Å². The number of anilines is 2. The lowest BCUT2D eigenvalue weighted by atomic mass is 9.87. The fraction of sp³-hybridized carbons (Fsp3) is 0.417. The molecule has 32 heavy (non-hydrogen) atoms. The Morgan fingerprint density at radius 1 is 1.16 bits per heavy atom. The summed E-state index contributed by atoms with van der Waals surface area (Å²) in [5.41, 5.74) is 3.60. The molecule has 8 heteroatoms. The van der Waals surface area contributed by atoms with Gasteiger partial charge < -0.3 is 10.2 Å². The van der Waals surface area contributed by atoms with Crippen LogP contribution in [0.15, 0.2) is 53.9 Å². The van der Waals surface area contributed by atoms with E-state index in [1.54, 1.807) is 4.90 Å². The fourth-order valence-electron chi connectivity index (χ4n) is 4.73. The van der Waals surface area contributed by atoms with Crippen molar-refractivity contribution in [2.24, 2.45) is 11.1 Å². The Balaban J connectivity index is 1.43. The number of nitroso groups, excluding NO2 is 1. The van der Waals surface area contributed by atoms with E-state index in [4.69, 9.17) is 11.6 Å². The minimum Gasteiger partial charge on any atom is -0.371 e. The largest absolute Gasteiger partial charge is 0.418 e. The first kappa shape index (κ1) is 22.6. The molecule has 1 saturated heterocycles. The molecule has 1 N–H and O–H groups in total. The van der Waals surface area contributed by atoms with Crippen LogP contribution in [0.1, 0.15) is 36.0 Å². The molecule has 2 aliphatic rings. The third kappa shape index (κ3) is 4.77. The van der Waals surface area contributed by atoms with Crippen molar-refractivity contribution in [2.75, 3.05) is 23.3 Å². The van der Waals surface area contributed by atoms with Crippen LogP contribution in [-0.2, 0) is 19.0 Å². The van der Waals surface area contributed by atoms with Crippen LogP contribution in [0.2, 0.25) is 5.02 Å². The van der Waals surface area contributed by atoms with Crippen LogP contribution in [-0.4, -0.2) is 19.1 Å². The van der Waals surface area contributed by atoms with Crippen molar-refractivity contribution < 1.29 is 13.2 Å². The number of fused-ring (bicyclic) bond motifs is 1. The quantitative estimate of drug-likeness (QED) is 0.494. The minimum absolute atomic E-state index is 0.0757. The van der Waals surface area contributed by atoms with Crippen LogP contribution in [0, 0.1) is 10.8 Å². The highest BCUT2D eigenvalue weighted by atomic mass is 35.5. The zero-order valence-electron chi connectivity index (χ0n) is 17.6. The van der Waals surface area contributed by atoms with Crippen LogP contribution >= 0.6 is 11.6 Å². The van der Waals surface area contributed by atoms with Gasteiger partial charge in [-0.05, 0) is 61.1 Å². The Kier molecular flexibility index (Phi) is 6.47. The molecule has 1 fully saturated rings. The second kappa shape index (κ2) is 9.14. The van der Waals surface area contributed by atoms with E-state index >= 15 is 0 Å². The molecular weight excluding hydrogens is 439 g/mol. The average molecular weight is 464 g/mol. The minimum atomic E-state index is -4.46. The summed E-state index contributed by atoms with van der Waals surface area (Å²) in [7, 11) is 0.